The zero-order valence-electron chi connectivity index (χ0n) is 8.62. The molecule has 1 amide bonds. The molecule has 0 saturated carbocycles. The van der Waals surface area contributed by atoms with Crippen molar-refractivity contribution < 1.29 is 14.3 Å². The van der Waals surface area contributed by atoms with Crippen molar-refractivity contribution in [2.24, 2.45) is 0 Å². The van der Waals surface area contributed by atoms with Crippen LogP contribution in [0.25, 0.3) is 0 Å². The van der Waals surface area contributed by atoms with Crippen molar-refractivity contribution >= 4 is 33.5 Å². The summed E-state index contributed by atoms with van der Waals surface area (Å²) in [5.41, 5.74) is 1.34. The number of anilines is 1. The molecule has 1 heterocycles. The molecule has 0 fully saturated rings. The number of carbonyl (C=O) groups excluding carboxylic acids is 2. The Balaban J connectivity index is 2.36. The number of nitrogens with one attached hydrogen (secondary N) is 1. The van der Waals surface area contributed by atoms with Crippen molar-refractivity contribution in [2.75, 3.05) is 11.9 Å². The van der Waals surface area contributed by atoms with Gasteiger partial charge in [0.25, 0.3) is 0 Å². The molecule has 16 heavy (non-hydrogen) atoms. The molecule has 4 nitrogen and oxygen atoms in total. The second-order valence-electron chi connectivity index (χ2n) is 3.41. The first kappa shape index (κ1) is 11.1. The molecule has 84 valence electrons. The monoisotopic (exact) mass is 283 g/mol. The van der Waals surface area contributed by atoms with Crippen molar-refractivity contribution in [2.45, 2.75) is 12.8 Å². The van der Waals surface area contributed by atoms with Crippen LogP contribution in [0.15, 0.2) is 22.7 Å². The molecular weight excluding hydrogens is 274 g/mol. The Kier molecular flexibility index (Phi) is 2.96. The highest BCUT2D eigenvalue weighted by Gasteiger charge is 2.37. The topological polar surface area (TPSA) is 55.4 Å². The van der Waals surface area contributed by atoms with Gasteiger partial charge in [-0.3, -0.25) is 9.59 Å². The first-order chi connectivity index (χ1) is 7.63. The van der Waals surface area contributed by atoms with Gasteiger partial charge >= 0.3 is 5.97 Å². The normalized spacial score (nSPS) is 17.9. The minimum Gasteiger partial charge on any atom is -0.465 e. The second-order valence-corrected chi connectivity index (χ2v) is 4.32. The van der Waals surface area contributed by atoms with Gasteiger partial charge in [-0.25, -0.2) is 0 Å². The number of hydrogen-bond acceptors (Lipinski definition) is 3. The van der Waals surface area contributed by atoms with Gasteiger partial charge in [0.05, 0.1) is 6.61 Å². The fourth-order valence-electron chi connectivity index (χ4n) is 1.69. The zero-order valence-corrected chi connectivity index (χ0v) is 10.2. The van der Waals surface area contributed by atoms with Gasteiger partial charge in [0.1, 0.15) is 0 Å². The van der Waals surface area contributed by atoms with Crippen LogP contribution in [0.4, 0.5) is 5.69 Å². The van der Waals surface area contributed by atoms with Crippen LogP contribution >= 0.6 is 15.9 Å². The molecule has 1 aliphatic rings. The number of amides is 1. The van der Waals surface area contributed by atoms with Crippen LogP contribution in [0.5, 0.6) is 0 Å². The Morgan fingerprint density at radius 2 is 2.31 bits per heavy atom. The Bertz CT molecular complexity index is 459. The predicted octanol–water partition coefficient (Wildman–Crippen LogP) is 2.05. The molecular formula is C11H10BrNO3. The molecule has 2 rings (SSSR count). The number of rotatable bonds is 2. The Morgan fingerprint density at radius 3 is 3.00 bits per heavy atom. The molecule has 0 radical (unpaired) electrons. The van der Waals surface area contributed by atoms with Gasteiger partial charge in [0, 0.05) is 10.2 Å². The zero-order chi connectivity index (χ0) is 11.7. The second kappa shape index (κ2) is 4.25. The highest BCUT2D eigenvalue weighted by Crippen LogP contribution is 2.35. The van der Waals surface area contributed by atoms with E-state index in [1.54, 1.807) is 25.1 Å². The van der Waals surface area contributed by atoms with Gasteiger partial charge in [-0.2, -0.15) is 0 Å². The third kappa shape index (κ3) is 1.82. The number of hydrogen-bond donors (Lipinski definition) is 1. The van der Waals surface area contributed by atoms with E-state index >= 15 is 0 Å². The number of esters is 1. The lowest BCUT2D eigenvalue weighted by molar-refractivity contribution is -0.147. The van der Waals surface area contributed by atoms with E-state index in [2.05, 4.69) is 21.2 Å². The average Bonchev–Trinajstić information content (AvgIpc) is 2.53. The van der Waals surface area contributed by atoms with E-state index in [1.807, 2.05) is 0 Å². The molecule has 1 aromatic rings. The standard InChI is InChI=1S/C11H10BrNO3/c1-2-16-11(15)9-7-4-3-6(12)5-8(7)13-10(9)14/h3-5,9H,2H2,1H3,(H,13,14). The van der Waals surface area contributed by atoms with Gasteiger partial charge in [-0.15, -0.1) is 0 Å². The van der Waals surface area contributed by atoms with E-state index in [-0.39, 0.29) is 12.5 Å². The molecule has 0 spiro atoms. The molecule has 1 aromatic carbocycles. The van der Waals surface area contributed by atoms with E-state index in [0.717, 1.165) is 4.47 Å². The number of halogens is 1. The fourth-order valence-corrected chi connectivity index (χ4v) is 2.06. The summed E-state index contributed by atoms with van der Waals surface area (Å²) in [6, 6.07) is 5.32. The van der Waals surface area contributed by atoms with Crippen LogP contribution in [0.3, 0.4) is 0 Å². The lowest BCUT2D eigenvalue weighted by Crippen LogP contribution is -2.22. The highest BCUT2D eigenvalue weighted by molar-refractivity contribution is 9.10. The quantitative estimate of drug-likeness (QED) is 0.668. The first-order valence-electron chi connectivity index (χ1n) is 4.90. The minimum atomic E-state index is -0.831. The Hall–Kier alpha value is -1.36. The lowest BCUT2D eigenvalue weighted by atomic mass is 10.0. The van der Waals surface area contributed by atoms with Crippen molar-refractivity contribution in [1.29, 1.82) is 0 Å². The van der Waals surface area contributed by atoms with Gasteiger partial charge in [-0.05, 0) is 24.6 Å². The summed E-state index contributed by atoms with van der Waals surface area (Å²) in [6.07, 6.45) is 0. The molecule has 1 unspecified atom stereocenters. The van der Waals surface area contributed by atoms with Crippen LogP contribution in [0.1, 0.15) is 18.4 Å². The predicted molar refractivity (Wildman–Crippen MR) is 62.1 cm³/mol. The molecule has 0 aliphatic carbocycles. The molecule has 1 atom stereocenters. The summed E-state index contributed by atoms with van der Waals surface area (Å²) in [5, 5.41) is 2.66. The van der Waals surface area contributed by atoms with Crippen LogP contribution < -0.4 is 5.32 Å². The summed E-state index contributed by atoms with van der Waals surface area (Å²) in [7, 11) is 0. The maximum atomic E-state index is 11.6. The van der Waals surface area contributed by atoms with Gasteiger partial charge in [0.2, 0.25) is 5.91 Å². The first-order valence-corrected chi connectivity index (χ1v) is 5.69. The summed E-state index contributed by atoms with van der Waals surface area (Å²) < 4.78 is 5.73. The van der Waals surface area contributed by atoms with E-state index in [4.69, 9.17) is 4.74 Å². The largest absolute Gasteiger partial charge is 0.465 e. The van der Waals surface area contributed by atoms with Crippen molar-refractivity contribution in [1.82, 2.24) is 0 Å². The van der Waals surface area contributed by atoms with Gasteiger partial charge < -0.3 is 10.1 Å². The maximum Gasteiger partial charge on any atom is 0.323 e. The van der Waals surface area contributed by atoms with E-state index < -0.39 is 11.9 Å². The van der Waals surface area contributed by atoms with Crippen molar-refractivity contribution in [3.63, 3.8) is 0 Å². The Labute approximate surface area is 101 Å². The lowest BCUT2D eigenvalue weighted by Gasteiger charge is -2.07. The van der Waals surface area contributed by atoms with Crippen molar-refractivity contribution in [3.8, 4) is 0 Å². The molecule has 1 aliphatic heterocycles. The molecule has 0 saturated heterocycles. The SMILES string of the molecule is CCOC(=O)C1C(=O)Nc2cc(Br)ccc21. The van der Waals surface area contributed by atoms with Crippen LogP contribution in [0.2, 0.25) is 0 Å². The highest BCUT2D eigenvalue weighted by atomic mass is 79.9. The molecule has 1 N–H and O–H groups in total. The Morgan fingerprint density at radius 1 is 1.56 bits per heavy atom. The van der Waals surface area contributed by atoms with Gasteiger partial charge in [0.15, 0.2) is 5.92 Å². The minimum absolute atomic E-state index is 0.272. The summed E-state index contributed by atoms with van der Waals surface area (Å²) in [5.74, 6) is -1.66. The third-order valence-electron chi connectivity index (χ3n) is 2.37. The summed E-state index contributed by atoms with van der Waals surface area (Å²) in [6.45, 7) is 1.99. The number of benzene rings is 1. The molecule has 0 bridgehead atoms. The third-order valence-corrected chi connectivity index (χ3v) is 2.86. The van der Waals surface area contributed by atoms with E-state index in [1.165, 1.54) is 0 Å². The fraction of sp³-hybridized carbons (Fsp3) is 0.273. The average molecular weight is 284 g/mol. The summed E-state index contributed by atoms with van der Waals surface area (Å²) in [4.78, 5) is 23.2. The van der Waals surface area contributed by atoms with E-state index in [0.29, 0.717) is 11.3 Å². The molecule has 5 heteroatoms. The van der Waals surface area contributed by atoms with Crippen LogP contribution in [0, 0.1) is 0 Å². The smallest absolute Gasteiger partial charge is 0.323 e. The summed E-state index contributed by atoms with van der Waals surface area (Å²) >= 11 is 3.31. The number of carbonyl (C=O) groups is 2. The number of fused-ring (bicyclic) bond motifs is 1. The van der Waals surface area contributed by atoms with Gasteiger partial charge in [-0.1, -0.05) is 22.0 Å². The maximum absolute atomic E-state index is 11.6. The molecule has 0 aromatic heterocycles. The van der Waals surface area contributed by atoms with Crippen LogP contribution in [-0.4, -0.2) is 18.5 Å². The van der Waals surface area contributed by atoms with E-state index in [9.17, 15) is 9.59 Å². The van der Waals surface area contributed by atoms with Crippen LogP contribution in [-0.2, 0) is 14.3 Å². The van der Waals surface area contributed by atoms with Crippen molar-refractivity contribution in [3.05, 3.63) is 28.2 Å². The number of ether oxygens (including phenoxy) is 1.